The summed E-state index contributed by atoms with van der Waals surface area (Å²) in [6.07, 6.45) is -4.50. The Bertz CT molecular complexity index is 327. The third-order valence-corrected chi connectivity index (χ3v) is 3.44. The summed E-state index contributed by atoms with van der Waals surface area (Å²) in [5, 5.41) is 0. The van der Waals surface area contributed by atoms with Gasteiger partial charge in [-0.05, 0) is 25.0 Å². The van der Waals surface area contributed by atoms with Crippen LogP contribution in [0.1, 0.15) is 30.2 Å². The second kappa shape index (κ2) is 5.86. The van der Waals surface area contributed by atoms with Crippen molar-refractivity contribution >= 4 is 22.9 Å². The molecule has 1 rings (SSSR count). The third kappa shape index (κ3) is 4.69. The van der Waals surface area contributed by atoms with Crippen LogP contribution in [0.4, 0.5) is 13.2 Å². The van der Waals surface area contributed by atoms with Gasteiger partial charge in [0.1, 0.15) is 0 Å². The molecule has 0 saturated heterocycles. The predicted molar refractivity (Wildman–Crippen MR) is 59.3 cm³/mol. The SMILES string of the molecule is NNC(CCCC(F)(F)F)c1ccc(Cl)s1. The number of hydrogen-bond donors (Lipinski definition) is 2. The highest BCUT2D eigenvalue weighted by atomic mass is 35.5. The summed E-state index contributed by atoms with van der Waals surface area (Å²) < 4.78 is 36.4. The van der Waals surface area contributed by atoms with Crippen LogP contribution in [0, 0.1) is 0 Å². The molecule has 92 valence electrons. The highest BCUT2D eigenvalue weighted by Crippen LogP contribution is 2.31. The fraction of sp³-hybridized carbons (Fsp3) is 0.556. The average Bonchev–Trinajstić information content (AvgIpc) is 2.58. The van der Waals surface area contributed by atoms with E-state index in [-0.39, 0.29) is 12.5 Å². The first kappa shape index (κ1) is 13.8. The summed E-state index contributed by atoms with van der Waals surface area (Å²) in [4.78, 5) is 0.856. The van der Waals surface area contributed by atoms with E-state index >= 15 is 0 Å². The van der Waals surface area contributed by atoms with Crippen LogP contribution in [0.5, 0.6) is 0 Å². The first-order valence-corrected chi connectivity index (χ1v) is 5.90. The van der Waals surface area contributed by atoms with Crippen LogP contribution in [0.2, 0.25) is 4.34 Å². The van der Waals surface area contributed by atoms with Gasteiger partial charge in [-0.25, -0.2) is 0 Å². The normalized spacial score (nSPS) is 14.1. The maximum Gasteiger partial charge on any atom is 0.389 e. The zero-order chi connectivity index (χ0) is 12.2. The van der Waals surface area contributed by atoms with Gasteiger partial charge in [-0.2, -0.15) is 13.2 Å². The van der Waals surface area contributed by atoms with Crippen molar-refractivity contribution in [3.8, 4) is 0 Å². The molecule has 0 fully saturated rings. The third-order valence-electron chi connectivity index (χ3n) is 2.09. The molecule has 0 aliphatic rings. The molecule has 7 heteroatoms. The Morgan fingerprint density at radius 3 is 2.56 bits per heavy atom. The number of halogens is 4. The van der Waals surface area contributed by atoms with Gasteiger partial charge in [0.05, 0.1) is 10.4 Å². The van der Waals surface area contributed by atoms with Gasteiger partial charge in [-0.3, -0.25) is 11.3 Å². The van der Waals surface area contributed by atoms with Gasteiger partial charge < -0.3 is 0 Å². The Morgan fingerprint density at radius 2 is 2.12 bits per heavy atom. The van der Waals surface area contributed by atoms with Crippen molar-refractivity contribution in [1.82, 2.24) is 5.43 Å². The first-order valence-electron chi connectivity index (χ1n) is 4.70. The fourth-order valence-electron chi connectivity index (χ4n) is 1.33. The van der Waals surface area contributed by atoms with E-state index in [2.05, 4.69) is 5.43 Å². The number of rotatable bonds is 5. The number of hydrogen-bond acceptors (Lipinski definition) is 3. The monoisotopic (exact) mass is 272 g/mol. The van der Waals surface area contributed by atoms with E-state index in [1.165, 1.54) is 11.3 Å². The van der Waals surface area contributed by atoms with Crippen LogP contribution < -0.4 is 11.3 Å². The van der Waals surface area contributed by atoms with E-state index in [0.717, 1.165) is 4.88 Å². The minimum absolute atomic E-state index is 0.0495. The summed E-state index contributed by atoms with van der Waals surface area (Å²) in [5.74, 6) is 5.30. The van der Waals surface area contributed by atoms with E-state index < -0.39 is 12.6 Å². The number of nitrogens with one attached hydrogen (secondary N) is 1. The quantitative estimate of drug-likeness (QED) is 0.634. The number of nitrogens with two attached hydrogens (primary N) is 1. The van der Waals surface area contributed by atoms with Crippen LogP contribution in [-0.4, -0.2) is 6.18 Å². The smallest absolute Gasteiger partial charge is 0.271 e. The molecule has 3 N–H and O–H groups in total. The Balaban J connectivity index is 2.44. The minimum Gasteiger partial charge on any atom is -0.271 e. The molecule has 0 amide bonds. The van der Waals surface area contributed by atoms with Crippen LogP contribution in [0.3, 0.4) is 0 Å². The maximum atomic E-state index is 11.9. The lowest BCUT2D eigenvalue weighted by Crippen LogP contribution is -2.27. The summed E-state index contributed by atoms with van der Waals surface area (Å²) in [6, 6.07) is 3.21. The average molecular weight is 273 g/mol. The number of hydrazine groups is 1. The van der Waals surface area contributed by atoms with E-state index in [0.29, 0.717) is 10.8 Å². The molecular weight excluding hydrogens is 261 g/mol. The van der Waals surface area contributed by atoms with Gasteiger partial charge in [0.25, 0.3) is 0 Å². The molecule has 1 unspecified atom stereocenters. The first-order chi connectivity index (χ1) is 7.42. The fourth-order valence-corrected chi connectivity index (χ4v) is 2.49. The Morgan fingerprint density at radius 1 is 1.44 bits per heavy atom. The molecule has 0 aromatic carbocycles. The molecule has 1 aromatic heterocycles. The molecule has 0 bridgehead atoms. The van der Waals surface area contributed by atoms with Crippen molar-refractivity contribution in [2.24, 2.45) is 5.84 Å². The molecule has 0 saturated carbocycles. The van der Waals surface area contributed by atoms with Gasteiger partial charge in [0.2, 0.25) is 0 Å². The molecule has 0 aliphatic heterocycles. The maximum absolute atomic E-state index is 11.9. The standard InChI is InChI=1S/C9H12ClF3N2S/c10-8-4-3-7(16-8)6(15-14)2-1-5-9(11,12)13/h3-4,6,15H,1-2,5,14H2. The second-order valence-corrected chi connectivity index (χ2v) is 5.12. The topological polar surface area (TPSA) is 38.0 Å². The van der Waals surface area contributed by atoms with E-state index in [1.54, 1.807) is 12.1 Å². The second-order valence-electron chi connectivity index (χ2n) is 3.37. The molecule has 1 heterocycles. The van der Waals surface area contributed by atoms with Crippen molar-refractivity contribution in [3.05, 3.63) is 21.3 Å². The van der Waals surface area contributed by atoms with Crippen molar-refractivity contribution < 1.29 is 13.2 Å². The molecule has 0 radical (unpaired) electrons. The largest absolute Gasteiger partial charge is 0.389 e. The lowest BCUT2D eigenvalue weighted by molar-refractivity contribution is -0.135. The summed E-state index contributed by atoms with van der Waals surface area (Å²) in [5.41, 5.74) is 2.50. The predicted octanol–water partition coefficient (Wildman–Crippen LogP) is 3.64. The van der Waals surface area contributed by atoms with Crippen LogP contribution in [0.15, 0.2) is 12.1 Å². The van der Waals surface area contributed by atoms with Crippen molar-refractivity contribution in [1.29, 1.82) is 0 Å². The number of thiophene rings is 1. The zero-order valence-corrected chi connectivity index (χ0v) is 9.92. The zero-order valence-electron chi connectivity index (χ0n) is 8.35. The lowest BCUT2D eigenvalue weighted by Gasteiger charge is -2.14. The molecule has 1 aromatic rings. The van der Waals surface area contributed by atoms with E-state index in [1.807, 2.05) is 0 Å². The van der Waals surface area contributed by atoms with E-state index in [4.69, 9.17) is 17.4 Å². The van der Waals surface area contributed by atoms with Crippen molar-refractivity contribution in [3.63, 3.8) is 0 Å². The molecular formula is C9H12ClF3N2S. The summed E-state index contributed by atoms with van der Waals surface area (Å²) >= 11 is 7.06. The van der Waals surface area contributed by atoms with Crippen LogP contribution in [-0.2, 0) is 0 Å². The van der Waals surface area contributed by atoms with Crippen molar-refractivity contribution in [2.75, 3.05) is 0 Å². The highest BCUT2D eigenvalue weighted by molar-refractivity contribution is 7.16. The van der Waals surface area contributed by atoms with Crippen molar-refractivity contribution in [2.45, 2.75) is 31.5 Å². The molecule has 16 heavy (non-hydrogen) atoms. The summed E-state index contributed by atoms with van der Waals surface area (Å²) in [7, 11) is 0. The minimum atomic E-state index is -4.10. The van der Waals surface area contributed by atoms with Gasteiger partial charge in [0, 0.05) is 11.3 Å². The number of alkyl halides is 3. The van der Waals surface area contributed by atoms with Crippen LogP contribution >= 0.6 is 22.9 Å². The Kier molecular flexibility index (Phi) is 5.04. The highest BCUT2D eigenvalue weighted by Gasteiger charge is 2.26. The molecule has 0 aliphatic carbocycles. The van der Waals surface area contributed by atoms with Gasteiger partial charge in [0.15, 0.2) is 0 Å². The molecule has 1 atom stereocenters. The summed E-state index contributed by atoms with van der Waals surface area (Å²) in [6.45, 7) is 0. The van der Waals surface area contributed by atoms with Crippen LogP contribution in [0.25, 0.3) is 0 Å². The molecule has 0 spiro atoms. The van der Waals surface area contributed by atoms with Gasteiger partial charge in [-0.15, -0.1) is 11.3 Å². The van der Waals surface area contributed by atoms with Gasteiger partial charge in [-0.1, -0.05) is 11.6 Å². The lowest BCUT2D eigenvalue weighted by atomic mass is 10.1. The van der Waals surface area contributed by atoms with Gasteiger partial charge >= 0.3 is 6.18 Å². The Labute approximate surface area is 101 Å². The molecule has 2 nitrogen and oxygen atoms in total. The van der Waals surface area contributed by atoms with E-state index in [9.17, 15) is 13.2 Å². The Hall–Kier alpha value is -0.300.